The van der Waals surface area contributed by atoms with Crippen LogP contribution in [0.3, 0.4) is 0 Å². The van der Waals surface area contributed by atoms with Crippen molar-refractivity contribution in [2.45, 2.75) is 13.3 Å². The van der Waals surface area contributed by atoms with Gasteiger partial charge in [-0.2, -0.15) is 5.26 Å². The molecule has 0 fully saturated rings. The molecule has 26 heavy (non-hydrogen) atoms. The van der Waals surface area contributed by atoms with E-state index < -0.39 is 24.2 Å². The summed E-state index contributed by atoms with van der Waals surface area (Å²) in [5.74, 6) is -1.49. The summed E-state index contributed by atoms with van der Waals surface area (Å²) in [6.07, 6.45) is -0.403. The first-order chi connectivity index (χ1) is 12.5. The number of anilines is 2. The van der Waals surface area contributed by atoms with Crippen molar-refractivity contribution in [3.8, 4) is 6.07 Å². The van der Waals surface area contributed by atoms with Gasteiger partial charge < -0.3 is 15.4 Å². The van der Waals surface area contributed by atoms with Gasteiger partial charge in [0.15, 0.2) is 0 Å². The summed E-state index contributed by atoms with van der Waals surface area (Å²) in [4.78, 5) is 35.5. The maximum Gasteiger partial charge on any atom is 0.338 e. The molecule has 0 spiro atoms. The fourth-order valence-corrected chi connectivity index (χ4v) is 2.14. The van der Waals surface area contributed by atoms with Crippen LogP contribution in [0.15, 0.2) is 48.5 Å². The second-order valence-electron chi connectivity index (χ2n) is 5.23. The molecule has 0 aliphatic heterocycles. The first-order valence-electron chi connectivity index (χ1n) is 7.89. The van der Waals surface area contributed by atoms with Gasteiger partial charge in [-0.05, 0) is 43.3 Å². The lowest BCUT2D eigenvalue weighted by Gasteiger charge is -2.08. The minimum atomic E-state index is -0.534. The van der Waals surface area contributed by atoms with Gasteiger partial charge in [-0.3, -0.25) is 9.59 Å². The second-order valence-corrected chi connectivity index (χ2v) is 5.23. The van der Waals surface area contributed by atoms with Crippen LogP contribution in [0, 0.1) is 11.3 Å². The second kappa shape index (κ2) is 8.99. The number of esters is 1. The van der Waals surface area contributed by atoms with E-state index in [1.807, 2.05) is 6.07 Å². The molecule has 2 amide bonds. The molecule has 2 N–H and O–H groups in total. The lowest BCUT2D eigenvalue weighted by molar-refractivity contribution is -0.123. The van der Waals surface area contributed by atoms with Gasteiger partial charge in [-0.25, -0.2) is 4.79 Å². The van der Waals surface area contributed by atoms with Gasteiger partial charge in [0, 0.05) is 5.69 Å². The number of hydrogen-bond acceptors (Lipinski definition) is 5. The Hall–Kier alpha value is -3.66. The molecule has 0 saturated heterocycles. The Kier molecular flexibility index (Phi) is 6.46. The van der Waals surface area contributed by atoms with E-state index in [0.29, 0.717) is 22.5 Å². The van der Waals surface area contributed by atoms with Gasteiger partial charge >= 0.3 is 5.97 Å². The highest BCUT2D eigenvalue weighted by Crippen LogP contribution is 2.14. The molecule has 0 heterocycles. The smallest absolute Gasteiger partial charge is 0.338 e. The van der Waals surface area contributed by atoms with Gasteiger partial charge in [0.2, 0.25) is 11.8 Å². The molecule has 2 rings (SSSR count). The molecule has 7 nitrogen and oxygen atoms in total. The van der Waals surface area contributed by atoms with Crippen LogP contribution in [-0.4, -0.2) is 24.4 Å². The van der Waals surface area contributed by atoms with Crippen molar-refractivity contribution in [3.05, 3.63) is 59.7 Å². The highest BCUT2D eigenvalue weighted by atomic mass is 16.5. The summed E-state index contributed by atoms with van der Waals surface area (Å²) in [6, 6.07) is 14.6. The Morgan fingerprint density at radius 1 is 1.00 bits per heavy atom. The van der Waals surface area contributed by atoms with Crippen LogP contribution in [0.25, 0.3) is 0 Å². The largest absolute Gasteiger partial charge is 0.462 e. The van der Waals surface area contributed by atoms with E-state index in [1.165, 1.54) is 12.1 Å². The van der Waals surface area contributed by atoms with E-state index in [1.54, 1.807) is 43.3 Å². The predicted octanol–water partition coefficient (Wildman–Crippen LogP) is 2.70. The van der Waals surface area contributed by atoms with Crippen molar-refractivity contribution in [1.82, 2.24) is 0 Å². The van der Waals surface area contributed by atoms with E-state index in [9.17, 15) is 14.4 Å². The normalized spacial score (nSPS) is 9.69. The molecule has 0 saturated carbocycles. The average molecular weight is 351 g/mol. The zero-order valence-electron chi connectivity index (χ0n) is 14.1. The first kappa shape index (κ1) is 18.7. The molecule has 7 heteroatoms. The predicted molar refractivity (Wildman–Crippen MR) is 95.4 cm³/mol. The third kappa shape index (κ3) is 5.18. The number of ether oxygens (including phenoxy) is 1. The van der Waals surface area contributed by atoms with Crippen LogP contribution in [0.1, 0.15) is 29.3 Å². The standard InChI is InChI=1S/C19H17N3O4/c1-2-26-19(25)13-7-9-15(10-8-13)21-17(23)11-18(24)22-16-6-4-3-5-14(16)12-20/h3-10H,2,11H2,1H3,(H,21,23)(H,22,24). The Morgan fingerprint density at radius 2 is 1.65 bits per heavy atom. The first-order valence-corrected chi connectivity index (χ1v) is 7.89. The van der Waals surface area contributed by atoms with Gasteiger partial charge in [0.1, 0.15) is 12.5 Å². The lowest BCUT2D eigenvalue weighted by Crippen LogP contribution is -2.21. The summed E-state index contributed by atoms with van der Waals surface area (Å²) in [7, 11) is 0. The Balaban J connectivity index is 1.91. The van der Waals surface area contributed by atoms with Crippen LogP contribution in [0.2, 0.25) is 0 Å². The summed E-state index contributed by atoms with van der Waals surface area (Å²) in [6.45, 7) is 1.99. The number of carbonyl (C=O) groups excluding carboxylic acids is 3. The number of hydrogen-bond donors (Lipinski definition) is 2. The van der Waals surface area contributed by atoms with E-state index in [-0.39, 0.29) is 6.61 Å². The molecule has 0 aromatic heterocycles. The van der Waals surface area contributed by atoms with Crippen LogP contribution in [0.5, 0.6) is 0 Å². The van der Waals surface area contributed by atoms with E-state index in [0.717, 1.165) is 0 Å². The Labute approximate surface area is 150 Å². The van der Waals surface area contributed by atoms with Gasteiger partial charge in [0.25, 0.3) is 0 Å². The summed E-state index contributed by atoms with van der Waals surface area (Å²) >= 11 is 0. The number of rotatable bonds is 6. The van der Waals surface area contributed by atoms with Crippen molar-refractivity contribution in [1.29, 1.82) is 5.26 Å². The minimum absolute atomic E-state index is 0.279. The highest BCUT2D eigenvalue weighted by molar-refractivity contribution is 6.08. The third-order valence-corrected chi connectivity index (χ3v) is 3.32. The average Bonchev–Trinajstić information content (AvgIpc) is 2.62. The number of para-hydroxylation sites is 1. The van der Waals surface area contributed by atoms with Crippen molar-refractivity contribution in [2.24, 2.45) is 0 Å². The molecule has 132 valence electrons. The fraction of sp³-hybridized carbons (Fsp3) is 0.158. The summed E-state index contributed by atoms with van der Waals surface area (Å²) < 4.78 is 4.87. The Bertz CT molecular complexity index is 854. The van der Waals surface area contributed by atoms with Crippen LogP contribution in [0.4, 0.5) is 11.4 Å². The molecule has 2 aromatic carbocycles. The molecule has 0 unspecified atom stereocenters. The van der Waals surface area contributed by atoms with Crippen molar-refractivity contribution < 1.29 is 19.1 Å². The number of nitriles is 1. The molecule has 0 aliphatic rings. The van der Waals surface area contributed by atoms with Gasteiger partial charge in [0.05, 0.1) is 23.4 Å². The minimum Gasteiger partial charge on any atom is -0.462 e. The number of benzene rings is 2. The van der Waals surface area contributed by atoms with Crippen molar-refractivity contribution in [2.75, 3.05) is 17.2 Å². The van der Waals surface area contributed by atoms with Crippen LogP contribution in [-0.2, 0) is 14.3 Å². The van der Waals surface area contributed by atoms with Gasteiger partial charge in [-0.15, -0.1) is 0 Å². The van der Waals surface area contributed by atoms with Crippen molar-refractivity contribution in [3.63, 3.8) is 0 Å². The zero-order valence-corrected chi connectivity index (χ0v) is 14.1. The molecule has 0 atom stereocenters. The molecule has 2 aromatic rings. The summed E-state index contributed by atoms with van der Waals surface area (Å²) in [5, 5.41) is 14.1. The maximum absolute atomic E-state index is 12.0. The lowest BCUT2D eigenvalue weighted by atomic mass is 10.2. The summed E-state index contributed by atoms with van der Waals surface area (Å²) in [5.41, 5.74) is 1.49. The highest BCUT2D eigenvalue weighted by Gasteiger charge is 2.12. The number of carbonyl (C=O) groups is 3. The van der Waals surface area contributed by atoms with E-state index in [2.05, 4.69) is 10.6 Å². The van der Waals surface area contributed by atoms with E-state index >= 15 is 0 Å². The fourth-order valence-electron chi connectivity index (χ4n) is 2.14. The molecular formula is C19H17N3O4. The molecule has 0 radical (unpaired) electrons. The Morgan fingerprint density at radius 3 is 2.31 bits per heavy atom. The molecule has 0 bridgehead atoms. The van der Waals surface area contributed by atoms with Crippen molar-refractivity contribution >= 4 is 29.2 Å². The maximum atomic E-state index is 12.0. The number of nitrogens with one attached hydrogen (secondary N) is 2. The number of nitrogens with zero attached hydrogens (tertiary/aromatic N) is 1. The SMILES string of the molecule is CCOC(=O)c1ccc(NC(=O)CC(=O)Nc2ccccc2C#N)cc1. The van der Waals surface area contributed by atoms with Crippen LogP contribution >= 0.6 is 0 Å². The van der Waals surface area contributed by atoms with E-state index in [4.69, 9.17) is 10.00 Å². The quantitative estimate of drug-likeness (QED) is 0.614. The monoisotopic (exact) mass is 351 g/mol. The third-order valence-electron chi connectivity index (χ3n) is 3.32. The topological polar surface area (TPSA) is 108 Å². The van der Waals surface area contributed by atoms with Gasteiger partial charge in [-0.1, -0.05) is 12.1 Å². The molecule has 0 aliphatic carbocycles. The van der Waals surface area contributed by atoms with Crippen LogP contribution < -0.4 is 10.6 Å². The zero-order chi connectivity index (χ0) is 18.9. The molecular weight excluding hydrogens is 334 g/mol. The number of amides is 2.